The second kappa shape index (κ2) is 10.3. The second-order valence-corrected chi connectivity index (χ2v) is 9.49. The zero-order valence-corrected chi connectivity index (χ0v) is 21.5. The number of aliphatic hydroxyl groups is 1. The van der Waals surface area contributed by atoms with E-state index in [1.807, 2.05) is 69.3 Å². The molecule has 190 valence electrons. The summed E-state index contributed by atoms with van der Waals surface area (Å²) in [6, 6.07) is 23.5. The Morgan fingerprint density at radius 2 is 1.63 bits per heavy atom. The molecule has 0 spiro atoms. The van der Waals surface area contributed by atoms with Gasteiger partial charge in [0.1, 0.15) is 18.1 Å². The summed E-state index contributed by atoms with van der Waals surface area (Å²) in [7, 11) is 0. The summed E-state index contributed by atoms with van der Waals surface area (Å²) < 4.78 is 5.98. The van der Waals surface area contributed by atoms with Crippen molar-refractivity contribution in [2.75, 3.05) is 4.90 Å². The molecule has 0 aliphatic carbocycles. The molecular formula is C32H28N2O4. The molecule has 1 amide bonds. The standard InChI is InChI=1S/C32H28N2O4/c1-20-9-11-26(21(2)17-20)34-29(24-13-15-33-16-14-24)28(31(36)32(34)37)30(35)25-10-12-27(22(3)18-25)38-19-23-7-5-4-6-8-23/h4-18,29,35H,19H2,1-3H3/b30-28+. The lowest BCUT2D eigenvalue weighted by molar-refractivity contribution is -0.132. The smallest absolute Gasteiger partial charge is 0.300 e. The van der Waals surface area contributed by atoms with Gasteiger partial charge in [-0.05, 0) is 79.4 Å². The normalized spacial score (nSPS) is 16.6. The predicted molar refractivity (Wildman–Crippen MR) is 147 cm³/mol. The molecule has 1 aliphatic rings. The fraction of sp³-hybridized carbons (Fsp3) is 0.156. The van der Waals surface area contributed by atoms with Crippen molar-refractivity contribution in [1.29, 1.82) is 0 Å². The topological polar surface area (TPSA) is 79.7 Å². The van der Waals surface area contributed by atoms with Crippen LogP contribution < -0.4 is 9.64 Å². The SMILES string of the molecule is Cc1ccc(N2C(=O)C(=O)/C(=C(/O)c3ccc(OCc4ccccc4)c(C)c3)C2c2ccncc2)c(C)c1. The van der Waals surface area contributed by atoms with E-state index >= 15 is 0 Å². The fourth-order valence-electron chi connectivity index (χ4n) is 4.87. The second-order valence-electron chi connectivity index (χ2n) is 9.49. The number of aromatic nitrogens is 1. The number of Topliss-reactive ketones (excluding diaryl/α,β-unsaturated/α-hetero) is 1. The van der Waals surface area contributed by atoms with E-state index in [-0.39, 0.29) is 11.3 Å². The van der Waals surface area contributed by atoms with Crippen LogP contribution in [0.1, 0.15) is 39.4 Å². The predicted octanol–water partition coefficient (Wildman–Crippen LogP) is 6.21. The summed E-state index contributed by atoms with van der Waals surface area (Å²) in [5.74, 6) is -0.965. The highest BCUT2D eigenvalue weighted by molar-refractivity contribution is 6.51. The van der Waals surface area contributed by atoms with Crippen LogP contribution in [0.25, 0.3) is 5.76 Å². The maximum Gasteiger partial charge on any atom is 0.300 e. The Labute approximate surface area is 221 Å². The molecule has 0 saturated carbocycles. The number of nitrogens with zero attached hydrogens (tertiary/aromatic N) is 2. The summed E-state index contributed by atoms with van der Waals surface area (Å²) in [4.78, 5) is 32.4. The number of benzene rings is 3. The average molecular weight is 505 g/mol. The summed E-state index contributed by atoms with van der Waals surface area (Å²) in [6.45, 7) is 6.17. The van der Waals surface area contributed by atoms with Gasteiger partial charge in [-0.3, -0.25) is 19.5 Å². The van der Waals surface area contributed by atoms with E-state index in [9.17, 15) is 14.7 Å². The number of amides is 1. The lowest BCUT2D eigenvalue weighted by Crippen LogP contribution is -2.30. The Morgan fingerprint density at radius 1 is 0.895 bits per heavy atom. The number of anilines is 1. The lowest BCUT2D eigenvalue weighted by Gasteiger charge is -2.27. The third-order valence-corrected chi connectivity index (χ3v) is 6.76. The van der Waals surface area contributed by atoms with Crippen LogP contribution in [0.4, 0.5) is 5.69 Å². The third-order valence-electron chi connectivity index (χ3n) is 6.76. The maximum atomic E-state index is 13.4. The van der Waals surface area contributed by atoms with Crippen LogP contribution in [-0.2, 0) is 16.2 Å². The zero-order chi connectivity index (χ0) is 26.8. The third kappa shape index (κ3) is 4.68. The van der Waals surface area contributed by atoms with Crippen LogP contribution in [0.5, 0.6) is 5.75 Å². The van der Waals surface area contributed by atoms with Gasteiger partial charge in [-0.25, -0.2) is 0 Å². The molecule has 1 aromatic heterocycles. The van der Waals surface area contributed by atoms with Crippen LogP contribution in [0, 0.1) is 20.8 Å². The molecule has 6 heteroatoms. The summed E-state index contributed by atoms with van der Waals surface area (Å²) in [6.07, 6.45) is 3.22. The van der Waals surface area contributed by atoms with Crippen molar-refractivity contribution in [2.45, 2.75) is 33.4 Å². The number of pyridine rings is 1. The van der Waals surface area contributed by atoms with E-state index in [4.69, 9.17) is 4.74 Å². The van der Waals surface area contributed by atoms with Crippen molar-refractivity contribution in [1.82, 2.24) is 4.98 Å². The molecule has 3 aromatic carbocycles. The van der Waals surface area contributed by atoms with E-state index < -0.39 is 17.7 Å². The van der Waals surface area contributed by atoms with Gasteiger partial charge in [0, 0.05) is 23.6 Å². The van der Waals surface area contributed by atoms with Gasteiger partial charge in [0.05, 0.1) is 11.6 Å². The molecule has 0 bridgehead atoms. The van der Waals surface area contributed by atoms with Crippen molar-refractivity contribution >= 4 is 23.1 Å². The first-order valence-electron chi connectivity index (χ1n) is 12.4. The van der Waals surface area contributed by atoms with Gasteiger partial charge in [-0.15, -0.1) is 0 Å². The highest BCUT2D eigenvalue weighted by Gasteiger charge is 2.47. The molecule has 4 aromatic rings. The van der Waals surface area contributed by atoms with Crippen LogP contribution in [0.2, 0.25) is 0 Å². The number of ketones is 1. The molecule has 38 heavy (non-hydrogen) atoms. The number of aliphatic hydroxyl groups excluding tert-OH is 1. The first-order chi connectivity index (χ1) is 18.3. The highest BCUT2D eigenvalue weighted by Crippen LogP contribution is 2.43. The minimum atomic E-state index is -0.797. The Hall–Kier alpha value is -4.71. The summed E-state index contributed by atoms with van der Waals surface area (Å²) in [5.41, 5.74) is 5.54. The molecule has 1 fully saturated rings. The van der Waals surface area contributed by atoms with E-state index in [2.05, 4.69) is 4.98 Å². The number of ether oxygens (including phenoxy) is 1. The molecule has 1 aliphatic heterocycles. The lowest BCUT2D eigenvalue weighted by atomic mass is 9.95. The zero-order valence-electron chi connectivity index (χ0n) is 21.5. The molecule has 2 heterocycles. The Kier molecular flexibility index (Phi) is 6.79. The van der Waals surface area contributed by atoms with Crippen molar-refractivity contribution < 1.29 is 19.4 Å². The minimum absolute atomic E-state index is 0.0403. The van der Waals surface area contributed by atoms with Gasteiger partial charge < -0.3 is 9.84 Å². The summed E-state index contributed by atoms with van der Waals surface area (Å²) in [5, 5.41) is 11.5. The molecule has 6 nitrogen and oxygen atoms in total. The van der Waals surface area contributed by atoms with Crippen LogP contribution in [0.3, 0.4) is 0 Å². The van der Waals surface area contributed by atoms with Gasteiger partial charge in [-0.1, -0.05) is 48.0 Å². The van der Waals surface area contributed by atoms with Crippen molar-refractivity contribution in [2.24, 2.45) is 0 Å². The monoisotopic (exact) mass is 504 g/mol. The van der Waals surface area contributed by atoms with Gasteiger partial charge in [0.25, 0.3) is 11.7 Å². The number of hydrogen-bond donors (Lipinski definition) is 1. The van der Waals surface area contributed by atoms with E-state index in [0.29, 0.717) is 29.2 Å². The first kappa shape index (κ1) is 25.0. The average Bonchev–Trinajstić information content (AvgIpc) is 3.18. The molecule has 1 N–H and O–H groups in total. The van der Waals surface area contributed by atoms with Gasteiger partial charge in [-0.2, -0.15) is 0 Å². The maximum absolute atomic E-state index is 13.4. The Balaban J connectivity index is 1.56. The van der Waals surface area contributed by atoms with Crippen molar-refractivity contribution in [3.63, 3.8) is 0 Å². The Bertz CT molecular complexity index is 1540. The number of carbonyl (C=O) groups is 2. The van der Waals surface area contributed by atoms with Gasteiger partial charge in [0.2, 0.25) is 0 Å². The molecular weight excluding hydrogens is 476 g/mol. The molecule has 1 unspecified atom stereocenters. The van der Waals surface area contributed by atoms with Crippen LogP contribution >= 0.6 is 0 Å². The number of carbonyl (C=O) groups excluding carboxylic acids is 2. The minimum Gasteiger partial charge on any atom is -0.507 e. The van der Waals surface area contributed by atoms with Crippen molar-refractivity contribution in [3.8, 4) is 5.75 Å². The van der Waals surface area contributed by atoms with Crippen molar-refractivity contribution in [3.05, 3.63) is 130 Å². The van der Waals surface area contributed by atoms with Crippen LogP contribution in [-0.4, -0.2) is 21.8 Å². The fourth-order valence-corrected chi connectivity index (χ4v) is 4.87. The highest BCUT2D eigenvalue weighted by atomic mass is 16.5. The number of aryl methyl sites for hydroxylation is 3. The number of rotatable bonds is 6. The number of hydrogen-bond acceptors (Lipinski definition) is 5. The van der Waals surface area contributed by atoms with Gasteiger partial charge in [0.15, 0.2) is 0 Å². The molecule has 0 radical (unpaired) electrons. The quantitative estimate of drug-likeness (QED) is 0.192. The summed E-state index contributed by atoms with van der Waals surface area (Å²) >= 11 is 0. The Morgan fingerprint density at radius 3 is 2.32 bits per heavy atom. The van der Waals surface area contributed by atoms with E-state index in [0.717, 1.165) is 22.3 Å². The molecule has 1 atom stereocenters. The molecule has 5 rings (SSSR count). The van der Waals surface area contributed by atoms with E-state index in [1.165, 1.54) is 4.90 Å². The van der Waals surface area contributed by atoms with Gasteiger partial charge >= 0.3 is 0 Å². The molecule has 1 saturated heterocycles. The largest absolute Gasteiger partial charge is 0.507 e. The van der Waals surface area contributed by atoms with E-state index in [1.54, 1.807) is 42.7 Å². The first-order valence-corrected chi connectivity index (χ1v) is 12.4. The van der Waals surface area contributed by atoms with Crippen LogP contribution in [0.15, 0.2) is 96.8 Å².